The molecule has 0 bridgehead atoms. The monoisotopic (exact) mass is 432 g/mol. The highest BCUT2D eigenvalue weighted by molar-refractivity contribution is 5.84. The van der Waals surface area contributed by atoms with Crippen molar-refractivity contribution in [1.82, 2.24) is 0 Å². The minimum atomic E-state index is -0.972. The molecule has 0 N–H and O–H groups in total. The summed E-state index contributed by atoms with van der Waals surface area (Å²) in [6.45, 7) is 6.61. The van der Waals surface area contributed by atoms with Crippen LogP contribution in [0, 0.1) is 11.6 Å². The molecule has 0 saturated carbocycles. The van der Waals surface area contributed by atoms with Crippen LogP contribution in [0.4, 0.5) is 8.78 Å². The maximum absolute atomic E-state index is 14.4. The van der Waals surface area contributed by atoms with E-state index in [1.54, 1.807) is 12.1 Å². The number of carbonyl (C=O) groups excluding carboxylic acids is 2. The van der Waals surface area contributed by atoms with Crippen LogP contribution in [0.1, 0.15) is 11.1 Å². The zero-order chi connectivity index (χ0) is 22.8. The summed E-state index contributed by atoms with van der Waals surface area (Å²) in [5, 5.41) is 0. The fourth-order valence-corrected chi connectivity index (χ4v) is 3.74. The third kappa shape index (κ3) is 4.07. The summed E-state index contributed by atoms with van der Waals surface area (Å²) in [5.74, 6) is -3.70. The highest BCUT2D eigenvalue weighted by atomic mass is 19.1. The number of benzene rings is 3. The number of esters is 2. The SMILES string of the molecule is C=CC(=O)Oc1ccc2c(c1)CCc1cc(-c3cc(F)c(OC(=O)C=C)c(F)c3)ccc1-2. The number of hydrogen-bond donors (Lipinski definition) is 0. The molecule has 0 fully saturated rings. The lowest BCUT2D eigenvalue weighted by Crippen LogP contribution is -2.07. The van der Waals surface area contributed by atoms with Gasteiger partial charge in [0, 0.05) is 12.2 Å². The fourth-order valence-electron chi connectivity index (χ4n) is 3.74. The van der Waals surface area contributed by atoms with Crippen molar-refractivity contribution >= 4 is 11.9 Å². The first-order valence-electron chi connectivity index (χ1n) is 9.83. The van der Waals surface area contributed by atoms with Crippen molar-refractivity contribution in [2.75, 3.05) is 0 Å². The molecule has 0 radical (unpaired) electrons. The zero-order valence-electron chi connectivity index (χ0n) is 17.0. The van der Waals surface area contributed by atoms with E-state index in [0.29, 0.717) is 16.9 Å². The van der Waals surface area contributed by atoms with Gasteiger partial charge in [-0.2, -0.15) is 0 Å². The van der Waals surface area contributed by atoms with Gasteiger partial charge in [0.25, 0.3) is 0 Å². The molecule has 0 aromatic heterocycles. The van der Waals surface area contributed by atoms with E-state index in [2.05, 4.69) is 17.9 Å². The molecule has 6 heteroatoms. The first-order chi connectivity index (χ1) is 15.4. The van der Waals surface area contributed by atoms with Crippen LogP contribution in [-0.2, 0) is 22.4 Å². The third-order valence-corrected chi connectivity index (χ3v) is 5.22. The van der Waals surface area contributed by atoms with E-state index in [-0.39, 0.29) is 0 Å². The molecule has 1 aliphatic carbocycles. The molecular weight excluding hydrogens is 414 g/mol. The third-order valence-electron chi connectivity index (χ3n) is 5.22. The van der Waals surface area contributed by atoms with Crippen molar-refractivity contribution in [2.45, 2.75) is 12.8 Å². The Hall–Kier alpha value is -4.06. The van der Waals surface area contributed by atoms with Crippen molar-refractivity contribution in [2.24, 2.45) is 0 Å². The number of ether oxygens (including phenoxy) is 2. The van der Waals surface area contributed by atoms with Gasteiger partial charge in [-0.25, -0.2) is 18.4 Å². The van der Waals surface area contributed by atoms with E-state index in [9.17, 15) is 18.4 Å². The van der Waals surface area contributed by atoms with Gasteiger partial charge in [0.2, 0.25) is 5.75 Å². The molecule has 4 nitrogen and oxygen atoms in total. The van der Waals surface area contributed by atoms with Gasteiger partial charge >= 0.3 is 11.9 Å². The Morgan fingerprint density at radius 1 is 0.750 bits per heavy atom. The molecule has 0 spiro atoms. The molecule has 0 amide bonds. The van der Waals surface area contributed by atoms with Crippen LogP contribution in [0.3, 0.4) is 0 Å². The highest BCUT2D eigenvalue weighted by Gasteiger charge is 2.20. The molecular formula is C26H18F2O4. The van der Waals surface area contributed by atoms with Crippen molar-refractivity contribution in [3.05, 3.63) is 96.6 Å². The zero-order valence-corrected chi connectivity index (χ0v) is 17.0. The highest BCUT2D eigenvalue weighted by Crippen LogP contribution is 2.38. The summed E-state index contributed by atoms with van der Waals surface area (Å²) in [7, 11) is 0. The number of fused-ring (bicyclic) bond motifs is 3. The van der Waals surface area contributed by atoms with Gasteiger partial charge in [-0.3, -0.25) is 0 Å². The predicted molar refractivity (Wildman–Crippen MR) is 116 cm³/mol. The Balaban J connectivity index is 1.66. The van der Waals surface area contributed by atoms with Crippen LogP contribution < -0.4 is 9.47 Å². The molecule has 3 aromatic rings. The van der Waals surface area contributed by atoms with Crippen molar-refractivity contribution in [3.8, 4) is 33.8 Å². The summed E-state index contributed by atoms with van der Waals surface area (Å²) < 4.78 is 38.6. The summed E-state index contributed by atoms with van der Waals surface area (Å²) in [4.78, 5) is 22.7. The Morgan fingerprint density at radius 3 is 1.94 bits per heavy atom. The van der Waals surface area contributed by atoms with Crippen molar-refractivity contribution < 1.29 is 27.8 Å². The van der Waals surface area contributed by atoms with Crippen molar-refractivity contribution in [1.29, 1.82) is 0 Å². The predicted octanol–water partition coefficient (Wildman–Crippen LogP) is 5.58. The molecule has 32 heavy (non-hydrogen) atoms. The number of aryl methyl sites for hydroxylation is 2. The second-order valence-electron chi connectivity index (χ2n) is 7.21. The topological polar surface area (TPSA) is 52.6 Å². The smallest absolute Gasteiger partial charge is 0.335 e. The van der Waals surface area contributed by atoms with E-state index in [4.69, 9.17) is 4.74 Å². The van der Waals surface area contributed by atoms with Gasteiger partial charge < -0.3 is 9.47 Å². The average Bonchev–Trinajstić information content (AvgIpc) is 2.80. The molecule has 4 rings (SSSR count). The summed E-state index contributed by atoms with van der Waals surface area (Å²) in [6.07, 6.45) is 3.39. The molecule has 1 aliphatic rings. The Kier molecular flexibility index (Phi) is 5.69. The van der Waals surface area contributed by atoms with Crippen molar-refractivity contribution in [3.63, 3.8) is 0 Å². The molecule has 0 aliphatic heterocycles. The number of halogens is 2. The number of rotatable bonds is 5. The van der Waals surface area contributed by atoms with E-state index < -0.39 is 29.3 Å². The average molecular weight is 432 g/mol. The molecule has 0 heterocycles. The molecule has 0 unspecified atom stereocenters. The second kappa shape index (κ2) is 8.59. The lowest BCUT2D eigenvalue weighted by molar-refractivity contribution is -0.130. The first kappa shape index (κ1) is 21.2. The Labute approximate surface area is 183 Å². The standard InChI is InChI=1S/C26H18F2O4/c1-3-24(29)31-19-8-10-21-17(12-19)6-5-16-11-15(7-9-20(16)21)18-13-22(27)26(23(28)14-18)32-25(30)4-2/h3-4,7-14H,1-2,5-6H2. The van der Waals surface area contributed by atoms with Crippen LogP contribution in [0.15, 0.2) is 73.8 Å². The van der Waals surface area contributed by atoms with Gasteiger partial charge in [0.15, 0.2) is 11.6 Å². The van der Waals surface area contributed by atoms with E-state index in [0.717, 1.165) is 59.4 Å². The molecule has 0 atom stereocenters. The van der Waals surface area contributed by atoms with E-state index in [1.807, 2.05) is 24.3 Å². The second-order valence-corrected chi connectivity index (χ2v) is 7.21. The van der Waals surface area contributed by atoms with Gasteiger partial charge in [-0.1, -0.05) is 37.4 Å². The van der Waals surface area contributed by atoms with Gasteiger partial charge in [-0.15, -0.1) is 0 Å². The molecule has 3 aromatic carbocycles. The maximum atomic E-state index is 14.4. The van der Waals surface area contributed by atoms with Gasteiger partial charge in [0.05, 0.1) is 0 Å². The fraction of sp³-hybridized carbons (Fsp3) is 0.0769. The van der Waals surface area contributed by atoms with Gasteiger partial charge in [0.1, 0.15) is 5.75 Å². The summed E-state index contributed by atoms with van der Waals surface area (Å²) in [5.41, 5.74) is 5.08. The lowest BCUT2D eigenvalue weighted by Gasteiger charge is -2.21. The van der Waals surface area contributed by atoms with E-state index in [1.165, 1.54) is 0 Å². The largest absolute Gasteiger partial charge is 0.423 e. The molecule has 160 valence electrons. The quantitative estimate of drug-likeness (QED) is 0.300. The van der Waals surface area contributed by atoms with Crippen LogP contribution in [0.5, 0.6) is 11.5 Å². The Bertz CT molecular complexity index is 1250. The molecule has 0 saturated heterocycles. The lowest BCUT2D eigenvalue weighted by atomic mass is 9.84. The van der Waals surface area contributed by atoms with Crippen LogP contribution in [0.25, 0.3) is 22.3 Å². The minimum absolute atomic E-state index is 0.332. The summed E-state index contributed by atoms with van der Waals surface area (Å²) >= 11 is 0. The van der Waals surface area contributed by atoms with Gasteiger partial charge in [-0.05, 0) is 70.5 Å². The van der Waals surface area contributed by atoms with E-state index >= 15 is 0 Å². The number of hydrogen-bond acceptors (Lipinski definition) is 4. The maximum Gasteiger partial charge on any atom is 0.335 e. The normalized spacial score (nSPS) is 11.7. The van der Waals surface area contributed by atoms with Crippen LogP contribution in [-0.4, -0.2) is 11.9 Å². The Morgan fingerprint density at radius 2 is 1.31 bits per heavy atom. The number of carbonyl (C=O) groups is 2. The minimum Gasteiger partial charge on any atom is -0.423 e. The summed E-state index contributed by atoms with van der Waals surface area (Å²) in [6, 6.07) is 13.3. The van der Waals surface area contributed by atoms with Crippen LogP contribution in [0.2, 0.25) is 0 Å². The first-order valence-corrected chi connectivity index (χ1v) is 9.83. The van der Waals surface area contributed by atoms with Crippen LogP contribution >= 0.6 is 0 Å².